The van der Waals surface area contributed by atoms with Crippen LogP contribution in [0.25, 0.3) is 5.69 Å². The number of anilines is 1. The highest BCUT2D eigenvalue weighted by atomic mass is 15.1. The molecule has 0 spiro atoms. The molecule has 3 nitrogen and oxygen atoms in total. The third-order valence-electron chi connectivity index (χ3n) is 3.44. The lowest BCUT2D eigenvalue weighted by Crippen LogP contribution is -2.03. The molecule has 0 aliphatic heterocycles. The molecule has 1 aromatic heterocycles. The van der Waals surface area contributed by atoms with Crippen LogP contribution >= 0.6 is 0 Å². The molecule has 0 saturated heterocycles. The standard InChI is InChI=1S/C15H17N3/c1-4-12-6-5-7-13(8-12)18-11(3)10(2)14(9-16)15(18)17/h5-8H,4,17H2,1-3H3. The first-order valence-corrected chi connectivity index (χ1v) is 6.07. The molecule has 92 valence electrons. The number of aryl methyl sites for hydroxylation is 1. The van der Waals surface area contributed by atoms with Crippen molar-refractivity contribution in [3.8, 4) is 11.8 Å². The fourth-order valence-corrected chi connectivity index (χ4v) is 2.22. The van der Waals surface area contributed by atoms with Crippen molar-refractivity contribution in [3.05, 3.63) is 46.6 Å². The summed E-state index contributed by atoms with van der Waals surface area (Å²) in [6.45, 7) is 6.05. The zero-order chi connectivity index (χ0) is 13.3. The van der Waals surface area contributed by atoms with E-state index in [1.807, 2.05) is 30.5 Å². The normalized spacial score (nSPS) is 10.3. The first kappa shape index (κ1) is 12.3. The summed E-state index contributed by atoms with van der Waals surface area (Å²) in [6.07, 6.45) is 0.984. The molecular weight excluding hydrogens is 222 g/mol. The van der Waals surface area contributed by atoms with Crippen molar-refractivity contribution in [1.29, 1.82) is 5.26 Å². The highest BCUT2D eigenvalue weighted by Crippen LogP contribution is 2.27. The zero-order valence-corrected chi connectivity index (χ0v) is 11.0. The molecule has 1 heterocycles. The summed E-state index contributed by atoms with van der Waals surface area (Å²) in [5.74, 6) is 0.528. The maximum absolute atomic E-state index is 9.14. The number of nitriles is 1. The molecule has 0 atom stereocenters. The van der Waals surface area contributed by atoms with Gasteiger partial charge in [0.2, 0.25) is 0 Å². The molecule has 18 heavy (non-hydrogen) atoms. The fourth-order valence-electron chi connectivity index (χ4n) is 2.22. The Morgan fingerprint density at radius 2 is 2.06 bits per heavy atom. The van der Waals surface area contributed by atoms with E-state index in [9.17, 15) is 0 Å². The molecule has 0 amide bonds. The Morgan fingerprint density at radius 1 is 1.33 bits per heavy atom. The van der Waals surface area contributed by atoms with Crippen molar-refractivity contribution in [2.45, 2.75) is 27.2 Å². The smallest absolute Gasteiger partial charge is 0.126 e. The minimum absolute atomic E-state index is 0.528. The molecule has 0 aliphatic rings. The van der Waals surface area contributed by atoms with E-state index in [-0.39, 0.29) is 0 Å². The van der Waals surface area contributed by atoms with Crippen LogP contribution in [0.4, 0.5) is 5.82 Å². The molecule has 0 fully saturated rings. The summed E-state index contributed by atoms with van der Waals surface area (Å²) < 4.78 is 1.95. The number of hydrogen-bond acceptors (Lipinski definition) is 2. The Morgan fingerprint density at radius 3 is 2.61 bits per heavy atom. The van der Waals surface area contributed by atoms with Gasteiger partial charge in [-0.05, 0) is 43.5 Å². The van der Waals surface area contributed by atoms with Crippen LogP contribution in [-0.4, -0.2) is 4.57 Å². The first-order chi connectivity index (χ1) is 8.60. The maximum atomic E-state index is 9.14. The Labute approximate surface area is 107 Å². The summed E-state index contributed by atoms with van der Waals surface area (Å²) in [5.41, 5.74) is 10.9. The number of nitrogen functional groups attached to an aromatic ring is 1. The van der Waals surface area contributed by atoms with Crippen LogP contribution in [0.3, 0.4) is 0 Å². The van der Waals surface area contributed by atoms with Gasteiger partial charge in [-0.1, -0.05) is 19.1 Å². The molecule has 3 heteroatoms. The molecule has 2 rings (SSSR count). The summed E-state index contributed by atoms with van der Waals surface area (Å²) in [7, 11) is 0. The third-order valence-corrected chi connectivity index (χ3v) is 3.44. The van der Waals surface area contributed by atoms with Crippen LogP contribution in [0.15, 0.2) is 24.3 Å². The lowest BCUT2D eigenvalue weighted by molar-refractivity contribution is 1.01. The van der Waals surface area contributed by atoms with Crippen LogP contribution in [-0.2, 0) is 6.42 Å². The van der Waals surface area contributed by atoms with Crippen molar-refractivity contribution >= 4 is 5.82 Å². The van der Waals surface area contributed by atoms with E-state index in [0.29, 0.717) is 11.4 Å². The maximum Gasteiger partial charge on any atom is 0.126 e. The molecule has 0 unspecified atom stereocenters. The van der Waals surface area contributed by atoms with Crippen LogP contribution in [0.1, 0.15) is 29.3 Å². The fraction of sp³-hybridized carbons (Fsp3) is 0.267. The minimum atomic E-state index is 0.528. The van der Waals surface area contributed by atoms with Gasteiger partial charge in [0.05, 0.1) is 5.56 Å². The van der Waals surface area contributed by atoms with Gasteiger partial charge in [-0.3, -0.25) is 4.57 Å². The van der Waals surface area contributed by atoms with E-state index in [2.05, 4.69) is 25.1 Å². The summed E-state index contributed by atoms with van der Waals surface area (Å²) in [4.78, 5) is 0. The number of nitrogens with zero attached hydrogens (tertiary/aromatic N) is 2. The average molecular weight is 239 g/mol. The van der Waals surface area contributed by atoms with Gasteiger partial charge >= 0.3 is 0 Å². The van der Waals surface area contributed by atoms with Crippen LogP contribution in [0, 0.1) is 25.2 Å². The predicted molar refractivity (Wildman–Crippen MR) is 73.7 cm³/mol. The molecule has 0 saturated carbocycles. The molecule has 2 N–H and O–H groups in total. The van der Waals surface area contributed by atoms with Gasteiger partial charge in [-0.2, -0.15) is 5.26 Å². The van der Waals surface area contributed by atoms with Crippen molar-refractivity contribution in [3.63, 3.8) is 0 Å². The van der Waals surface area contributed by atoms with Gasteiger partial charge in [-0.15, -0.1) is 0 Å². The molecule has 2 aromatic rings. The summed E-state index contributed by atoms with van der Waals surface area (Å²) in [6, 6.07) is 10.4. The van der Waals surface area contributed by atoms with E-state index < -0.39 is 0 Å². The quantitative estimate of drug-likeness (QED) is 0.875. The Balaban J connectivity index is 2.68. The van der Waals surface area contributed by atoms with Crippen LogP contribution in [0.5, 0.6) is 0 Å². The van der Waals surface area contributed by atoms with E-state index >= 15 is 0 Å². The third kappa shape index (κ3) is 1.76. The largest absolute Gasteiger partial charge is 0.384 e. The molecule has 0 radical (unpaired) electrons. The summed E-state index contributed by atoms with van der Waals surface area (Å²) >= 11 is 0. The Kier molecular flexibility index (Phi) is 3.12. The Bertz CT molecular complexity index is 630. The van der Waals surface area contributed by atoms with E-state index in [0.717, 1.165) is 23.4 Å². The molecule has 0 aliphatic carbocycles. The minimum Gasteiger partial charge on any atom is -0.384 e. The van der Waals surface area contributed by atoms with Gasteiger partial charge in [0.15, 0.2) is 0 Å². The number of benzene rings is 1. The monoisotopic (exact) mass is 239 g/mol. The van der Waals surface area contributed by atoms with Crippen LogP contribution < -0.4 is 5.73 Å². The van der Waals surface area contributed by atoms with E-state index in [1.54, 1.807) is 0 Å². The molecular formula is C15H17N3. The van der Waals surface area contributed by atoms with Crippen molar-refractivity contribution in [1.82, 2.24) is 4.57 Å². The highest BCUT2D eigenvalue weighted by Gasteiger charge is 2.16. The number of nitrogens with two attached hydrogens (primary N) is 1. The van der Waals surface area contributed by atoms with E-state index in [4.69, 9.17) is 11.0 Å². The second kappa shape index (κ2) is 4.58. The highest BCUT2D eigenvalue weighted by molar-refractivity contribution is 5.62. The molecule has 0 bridgehead atoms. The van der Waals surface area contributed by atoms with Gasteiger partial charge < -0.3 is 5.73 Å². The van der Waals surface area contributed by atoms with E-state index in [1.165, 1.54) is 5.56 Å². The predicted octanol–water partition coefficient (Wildman–Crippen LogP) is 3.11. The zero-order valence-electron chi connectivity index (χ0n) is 11.0. The first-order valence-electron chi connectivity index (χ1n) is 6.07. The average Bonchev–Trinajstić information content (AvgIpc) is 2.60. The lowest BCUT2D eigenvalue weighted by atomic mass is 10.1. The molecule has 1 aromatic carbocycles. The second-order valence-corrected chi connectivity index (χ2v) is 4.44. The van der Waals surface area contributed by atoms with Crippen molar-refractivity contribution in [2.75, 3.05) is 5.73 Å². The second-order valence-electron chi connectivity index (χ2n) is 4.44. The number of aromatic nitrogens is 1. The van der Waals surface area contributed by atoms with Gasteiger partial charge in [0, 0.05) is 11.4 Å². The summed E-state index contributed by atoms with van der Waals surface area (Å²) in [5, 5.41) is 9.14. The topological polar surface area (TPSA) is 54.7 Å². The number of rotatable bonds is 2. The van der Waals surface area contributed by atoms with Crippen molar-refractivity contribution in [2.24, 2.45) is 0 Å². The van der Waals surface area contributed by atoms with Crippen LogP contribution in [0.2, 0.25) is 0 Å². The lowest BCUT2D eigenvalue weighted by Gasteiger charge is -2.10. The van der Waals surface area contributed by atoms with Gasteiger partial charge in [0.1, 0.15) is 11.9 Å². The van der Waals surface area contributed by atoms with Crippen molar-refractivity contribution < 1.29 is 0 Å². The number of hydrogen-bond donors (Lipinski definition) is 1. The Hall–Kier alpha value is -2.21. The SMILES string of the molecule is CCc1cccc(-n2c(C)c(C)c(C#N)c2N)c1. The van der Waals surface area contributed by atoms with Gasteiger partial charge in [0.25, 0.3) is 0 Å². The van der Waals surface area contributed by atoms with Gasteiger partial charge in [-0.25, -0.2) is 0 Å².